The van der Waals surface area contributed by atoms with Gasteiger partial charge >= 0.3 is 0 Å². The summed E-state index contributed by atoms with van der Waals surface area (Å²) in [6.07, 6.45) is 4.02. The number of hydrogen-bond donors (Lipinski definition) is 1. The fraction of sp³-hybridized carbons (Fsp3) is 0.818. The van der Waals surface area contributed by atoms with Crippen molar-refractivity contribution in [2.45, 2.75) is 39.9 Å². The summed E-state index contributed by atoms with van der Waals surface area (Å²) in [7, 11) is 1.64. The van der Waals surface area contributed by atoms with Crippen molar-refractivity contribution in [3.05, 3.63) is 12.2 Å². The summed E-state index contributed by atoms with van der Waals surface area (Å²) in [5.41, 5.74) is 0. The number of methoxy groups -OCH3 is 1. The maximum Gasteiger partial charge on any atom is 0.0779 e. The van der Waals surface area contributed by atoms with E-state index >= 15 is 0 Å². The van der Waals surface area contributed by atoms with Crippen LogP contribution in [0.25, 0.3) is 0 Å². The second-order valence-electron chi connectivity index (χ2n) is 3.04. The average molecular weight is 204 g/mol. The number of aliphatic hydroxyl groups is 1. The third-order valence-electron chi connectivity index (χ3n) is 1.61. The van der Waals surface area contributed by atoms with Gasteiger partial charge in [-0.3, -0.25) is 0 Å². The molecule has 3 nitrogen and oxygen atoms in total. The van der Waals surface area contributed by atoms with E-state index in [4.69, 9.17) is 14.6 Å². The molecule has 0 saturated heterocycles. The van der Waals surface area contributed by atoms with Crippen LogP contribution in [0.3, 0.4) is 0 Å². The topological polar surface area (TPSA) is 38.7 Å². The molecule has 0 bridgehead atoms. The lowest BCUT2D eigenvalue weighted by atomic mass is 10.4. The van der Waals surface area contributed by atoms with Crippen molar-refractivity contribution in [1.29, 1.82) is 0 Å². The predicted octanol–water partition coefficient (Wildman–Crippen LogP) is 2.00. The Morgan fingerprint density at radius 3 is 1.93 bits per heavy atom. The highest BCUT2D eigenvalue weighted by molar-refractivity contribution is 4.68. The van der Waals surface area contributed by atoms with Crippen LogP contribution in [0, 0.1) is 0 Å². The molecule has 86 valence electrons. The SMILES string of the molecule is CC=CC.COC(C)COC(C)CO. The van der Waals surface area contributed by atoms with Crippen LogP contribution < -0.4 is 0 Å². The van der Waals surface area contributed by atoms with Gasteiger partial charge in [-0.05, 0) is 27.7 Å². The second kappa shape index (κ2) is 12.6. The van der Waals surface area contributed by atoms with Crippen LogP contribution >= 0.6 is 0 Å². The number of aliphatic hydroxyl groups excluding tert-OH is 1. The molecule has 0 aromatic rings. The van der Waals surface area contributed by atoms with Gasteiger partial charge in [0.05, 0.1) is 25.4 Å². The fourth-order valence-corrected chi connectivity index (χ4v) is 0.421. The van der Waals surface area contributed by atoms with E-state index in [1.54, 1.807) is 7.11 Å². The summed E-state index contributed by atoms with van der Waals surface area (Å²) in [4.78, 5) is 0. The second-order valence-corrected chi connectivity index (χ2v) is 3.04. The molecule has 0 spiro atoms. The van der Waals surface area contributed by atoms with E-state index in [0.717, 1.165) is 0 Å². The quantitative estimate of drug-likeness (QED) is 0.696. The molecule has 1 N–H and O–H groups in total. The van der Waals surface area contributed by atoms with Gasteiger partial charge in [0.25, 0.3) is 0 Å². The van der Waals surface area contributed by atoms with Gasteiger partial charge in [-0.25, -0.2) is 0 Å². The van der Waals surface area contributed by atoms with Gasteiger partial charge in [0.2, 0.25) is 0 Å². The normalized spacial score (nSPS) is 14.7. The van der Waals surface area contributed by atoms with E-state index in [9.17, 15) is 0 Å². The molecule has 0 aromatic heterocycles. The van der Waals surface area contributed by atoms with Crippen LogP contribution in [0.4, 0.5) is 0 Å². The Balaban J connectivity index is 0. The zero-order chi connectivity index (χ0) is 11.4. The molecule has 0 amide bonds. The van der Waals surface area contributed by atoms with Gasteiger partial charge in [-0.15, -0.1) is 0 Å². The predicted molar refractivity (Wildman–Crippen MR) is 59.5 cm³/mol. The minimum absolute atomic E-state index is 0.0659. The van der Waals surface area contributed by atoms with E-state index in [2.05, 4.69) is 0 Å². The molecular weight excluding hydrogens is 180 g/mol. The summed E-state index contributed by atoms with van der Waals surface area (Å²) >= 11 is 0. The van der Waals surface area contributed by atoms with E-state index in [1.165, 1.54) is 0 Å². The first-order valence-corrected chi connectivity index (χ1v) is 4.94. The van der Waals surface area contributed by atoms with E-state index in [0.29, 0.717) is 6.61 Å². The van der Waals surface area contributed by atoms with Crippen molar-refractivity contribution < 1.29 is 14.6 Å². The first kappa shape index (κ1) is 16.1. The summed E-state index contributed by atoms with van der Waals surface area (Å²) in [5.74, 6) is 0. The Bertz CT molecular complexity index is 110. The van der Waals surface area contributed by atoms with E-state index in [1.807, 2.05) is 39.8 Å². The first-order chi connectivity index (χ1) is 6.62. The maximum absolute atomic E-state index is 8.55. The van der Waals surface area contributed by atoms with E-state index in [-0.39, 0.29) is 18.8 Å². The maximum atomic E-state index is 8.55. The number of hydrogen-bond acceptors (Lipinski definition) is 3. The summed E-state index contributed by atoms with van der Waals surface area (Å²) in [6.45, 7) is 8.35. The standard InChI is InChI=1S/C7H16O3.C4H8/c1-6(4-8)10-5-7(2)9-3;1-3-4-2/h6-8H,4-5H2,1-3H3;3-4H,1-2H3. The highest BCUT2D eigenvalue weighted by atomic mass is 16.5. The average Bonchev–Trinajstić information content (AvgIpc) is 2.25. The van der Waals surface area contributed by atoms with Crippen molar-refractivity contribution in [3.63, 3.8) is 0 Å². The van der Waals surface area contributed by atoms with Crippen molar-refractivity contribution in [3.8, 4) is 0 Å². The van der Waals surface area contributed by atoms with Crippen LogP contribution in [-0.2, 0) is 9.47 Å². The molecule has 0 fully saturated rings. The molecule has 0 saturated carbocycles. The highest BCUT2D eigenvalue weighted by Crippen LogP contribution is 1.93. The van der Waals surface area contributed by atoms with Crippen LogP contribution in [0.15, 0.2) is 12.2 Å². The van der Waals surface area contributed by atoms with Crippen molar-refractivity contribution in [1.82, 2.24) is 0 Å². The molecular formula is C11H24O3. The minimum Gasteiger partial charge on any atom is -0.394 e. The Morgan fingerprint density at radius 1 is 1.14 bits per heavy atom. The third kappa shape index (κ3) is 14.2. The zero-order valence-corrected chi connectivity index (χ0v) is 9.99. The van der Waals surface area contributed by atoms with Gasteiger partial charge in [0, 0.05) is 7.11 Å². The molecule has 14 heavy (non-hydrogen) atoms. The van der Waals surface area contributed by atoms with Crippen LogP contribution in [0.5, 0.6) is 0 Å². The minimum atomic E-state index is -0.0856. The lowest BCUT2D eigenvalue weighted by molar-refractivity contribution is -0.0313. The molecule has 0 rings (SSSR count). The van der Waals surface area contributed by atoms with Gasteiger partial charge in [-0.2, -0.15) is 0 Å². The first-order valence-electron chi connectivity index (χ1n) is 4.94. The summed E-state index contributed by atoms with van der Waals surface area (Å²) < 4.78 is 10.1. The van der Waals surface area contributed by atoms with Crippen molar-refractivity contribution >= 4 is 0 Å². The van der Waals surface area contributed by atoms with Gasteiger partial charge in [0.1, 0.15) is 0 Å². The molecule has 0 radical (unpaired) electrons. The molecule has 2 unspecified atom stereocenters. The number of rotatable bonds is 5. The van der Waals surface area contributed by atoms with Crippen LogP contribution in [0.2, 0.25) is 0 Å². The molecule has 0 aliphatic rings. The largest absolute Gasteiger partial charge is 0.394 e. The molecule has 0 heterocycles. The van der Waals surface area contributed by atoms with Gasteiger partial charge < -0.3 is 14.6 Å². The Morgan fingerprint density at radius 2 is 1.64 bits per heavy atom. The Kier molecular flexibility index (Phi) is 14.5. The fourth-order valence-electron chi connectivity index (χ4n) is 0.421. The molecule has 0 aromatic carbocycles. The van der Waals surface area contributed by atoms with Gasteiger partial charge in [-0.1, -0.05) is 12.2 Å². The monoisotopic (exact) mass is 204 g/mol. The van der Waals surface area contributed by atoms with E-state index < -0.39 is 0 Å². The highest BCUT2D eigenvalue weighted by Gasteiger charge is 2.03. The summed E-state index contributed by atoms with van der Waals surface area (Å²) in [6, 6.07) is 0. The Labute approximate surface area is 87.7 Å². The van der Waals surface area contributed by atoms with Crippen LogP contribution in [-0.4, -0.2) is 37.6 Å². The van der Waals surface area contributed by atoms with Crippen molar-refractivity contribution in [2.24, 2.45) is 0 Å². The number of allylic oxidation sites excluding steroid dienone is 2. The van der Waals surface area contributed by atoms with Crippen LogP contribution in [0.1, 0.15) is 27.7 Å². The third-order valence-corrected chi connectivity index (χ3v) is 1.61. The molecule has 2 atom stereocenters. The smallest absolute Gasteiger partial charge is 0.0779 e. The molecule has 0 aliphatic heterocycles. The summed E-state index contributed by atoms with van der Waals surface area (Å²) in [5, 5.41) is 8.55. The molecule has 3 heteroatoms. The molecule has 0 aliphatic carbocycles. The lowest BCUT2D eigenvalue weighted by Crippen LogP contribution is -2.21. The Hall–Kier alpha value is -0.380. The zero-order valence-electron chi connectivity index (χ0n) is 9.99. The lowest BCUT2D eigenvalue weighted by Gasteiger charge is -2.13. The van der Waals surface area contributed by atoms with Crippen molar-refractivity contribution in [2.75, 3.05) is 20.3 Å². The number of ether oxygens (including phenoxy) is 2. The van der Waals surface area contributed by atoms with Gasteiger partial charge in [0.15, 0.2) is 0 Å².